The minimum absolute atomic E-state index is 0.0382. The number of hydrogen-bond acceptors (Lipinski definition) is 6. The molecule has 35 heavy (non-hydrogen) atoms. The first-order valence-corrected chi connectivity index (χ1v) is 12.8. The van der Waals surface area contributed by atoms with Crippen molar-refractivity contribution >= 4 is 34.9 Å². The molecule has 2 aromatic rings. The van der Waals surface area contributed by atoms with E-state index in [0.717, 1.165) is 63.8 Å². The standard InChI is InChI=1S/C24H31N7O3S/c1-16(32)30-10-7-20(8-11-30)31-14-17(12-27-31)5-6-18-15-35-22(21(18)29-24(25)34)23(33)28-19-4-2-3-9-26-13-19/h12,14-15,19-20,26H,2-4,7-11,13H2,1H3,(H,28,33)(H3,25,29,34). The summed E-state index contributed by atoms with van der Waals surface area (Å²) in [6.45, 7) is 4.71. The Hall–Kier alpha value is -3.36. The molecule has 0 bridgehead atoms. The number of nitrogens with two attached hydrogens (primary N) is 1. The molecule has 0 saturated carbocycles. The zero-order valence-corrected chi connectivity index (χ0v) is 20.6. The molecule has 0 spiro atoms. The second kappa shape index (κ2) is 11.4. The number of rotatable bonds is 4. The molecule has 186 valence electrons. The lowest BCUT2D eigenvalue weighted by Crippen LogP contribution is -2.40. The minimum atomic E-state index is -0.749. The minimum Gasteiger partial charge on any atom is -0.351 e. The molecule has 2 saturated heterocycles. The van der Waals surface area contributed by atoms with Crippen LogP contribution in [0.3, 0.4) is 0 Å². The van der Waals surface area contributed by atoms with E-state index in [1.54, 1.807) is 18.5 Å². The maximum Gasteiger partial charge on any atom is 0.316 e. The summed E-state index contributed by atoms with van der Waals surface area (Å²) in [7, 11) is 0. The average Bonchev–Trinajstić information content (AvgIpc) is 3.38. The van der Waals surface area contributed by atoms with Gasteiger partial charge in [0.25, 0.3) is 5.91 Å². The number of urea groups is 1. The number of likely N-dealkylation sites (tertiary alicyclic amines) is 1. The van der Waals surface area contributed by atoms with Gasteiger partial charge in [0.1, 0.15) is 4.88 Å². The third-order valence-corrected chi connectivity index (χ3v) is 7.33. The summed E-state index contributed by atoms with van der Waals surface area (Å²) in [5.41, 5.74) is 6.96. The Balaban J connectivity index is 1.47. The molecule has 0 radical (unpaired) electrons. The van der Waals surface area contributed by atoms with Crippen LogP contribution < -0.4 is 21.7 Å². The fourth-order valence-electron chi connectivity index (χ4n) is 4.44. The summed E-state index contributed by atoms with van der Waals surface area (Å²) in [6.07, 6.45) is 8.34. The molecule has 10 nitrogen and oxygen atoms in total. The number of carbonyl (C=O) groups excluding carboxylic acids is 3. The molecule has 5 N–H and O–H groups in total. The highest BCUT2D eigenvalue weighted by Gasteiger charge is 2.23. The van der Waals surface area contributed by atoms with Crippen LogP contribution in [0.1, 0.15) is 65.9 Å². The van der Waals surface area contributed by atoms with Crippen molar-refractivity contribution in [2.24, 2.45) is 5.73 Å². The van der Waals surface area contributed by atoms with Gasteiger partial charge in [-0.2, -0.15) is 5.10 Å². The van der Waals surface area contributed by atoms with E-state index >= 15 is 0 Å². The molecule has 0 aromatic carbocycles. The van der Waals surface area contributed by atoms with Gasteiger partial charge in [-0.3, -0.25) is 14.3 Å². The number of nitrogens with zero attached hydrogens (tertiary/aromatic N) is 3. The van der Waals surface area contributed by atoms with Crippen LogP contribution in [0.15, 0.2) is 17.8 Å². The fourth-order valence-corrected chi connectivity index (χ4v) is 5.30. The van der Waals surface area contributed by atoms with E-state index in [4.69, 9.17) is 5.73 Å². The summed E-state index contributed by atoms with van der Waals surface area (Å²) < 4.78 is 1.90. The molecule has 2 fully saturated rings. The van der Waals surface area contributed by atoms with Crippen LogP contribution in [0.5, 0.6) is 0 Å². The van der Waals surface area contributed by atoms with E-state index in [1.165, 1.54) is 11.3 Å². The average molecular weight is 498 g/mol. The molecule has 1 unspecified atom stereocenters. The van der Waals surface area contributed by atoms with Crippen LogP contribution in [0, 0.1) is 11.8 Å². The largest absolute Gasteiger partial charge is 0.351 e. The Bertz CT molecular complexity index is 1130. The zero-order chi connectivity index (χ0) is 24.8. The monoisotopic (exact) mass is 497 g/mol. The van der Waals surface area contributed by atoms with Gasteiger partial charge in [-0.25, -0.2) is 4.79 Å². The SMILES string of the molecule is CC(=O)N1CCC(n2cc(C#Cc3csc(C(=O)NC4CCCCNC4)c3NC(N)=O)cn2)CC1. The molecule has 2 aliphatic heterocycles. The maximum atomic E-state index is 13.0. The van der Waals surface area contributed by atoms with E-state index in [1.807, 2.05) is 15.8 Å². The molecule has 11 heteroatoms. The van der Waals surface area contributed by atoms with Gasteiger partial charge < -0.3 is 26.6 Å². The highest BCUT2D eigenvalue weighted by atomic mass is 32.1. The van der Waals surface area contributed by atoms with E-state index < -0.39 is 6.03 Å². The molecule has 1 atom stereocenters. The van der Waals surface area contributed by atoms with Gasteiger partial charge in [-0.15, -0.1) is 11.3 Å². The summed E-state index contributed by atoms with van der Waals surface area (Å²) in [6, 6.07) is -0.485. The van der Waals surface area contributed by atoms with Crippen LogP contribution in [-0.4, -0.2) is 64.7 Å². The summed E-state index contributed by atoms with van der Waals surface area (Å²) in [4.78, 5) is 38.4. The van der Waals surface area contributed by atoms with Gasteiger partial charge in [0.05, 0.1) is 29.1 Å². The van der Waals surface area contributed by atoms with Crippen molar-refractivity contribution in [2.45, 2.75) is 51.1 Å². The van der Waals surface area contributed by atoms with Gasteiger partial charge in [-0.05, 0) is 32.2 Å². The number of primary amides is 1. The van der Waals surface area contributed by atoms with Crippen molar-refractivity contribution in [2.75, 3.05) is 31.5 Å². The number of carbonyl (C=O) groups is 3. The Morgan fingerprint density at radius 1 is 1.20 bits per heavy atom. The van der Waals surface area contributed by atoms with Crippen LogP contribution in [0.2, 0.25) is 0 Å². The number of amides is 4. The number of hydrogen-bond donors (Lipinski definition) is 4. The summed E-state index contributed by atoms with van der Waals surface area (Å²) >= 11 is 1.23. The fraction of sp³-hybridized carbons (Fsp3) is 0.500. The maximum absolute atomic E-state index is 13.0. The Kier molecular flexibility index (Phi) is 8.05. The lowest BCUT2D eigenvalue weighted by molar-refractivity contribution is -0.130. The van der Waals surface area contributed by atoms with Crippen molar-refractivity contribution in [1.29, 1.82) is 0 Å². The van der Waals surface area contributed by atoms with Crippen LogP contribution in [0.4, 0.5) is 10.5 Å². The Morgan fingerprint density at radius 3 is 2.74 bits per heavy atom. The third kappa shape index (κ3) is 6.41. The van der Waals surface area contributed by atoms with E-state index in [-0.39, 0.29) is 23.9 Å². The lowest BCUT2D eigenvalue weighted by atomic mass is 10.1. The van der Waals surface area contributed by atoms with Gasteiger partial charge in [-0.1, -0.05) is 18.3 Å². The van der Waals surface area contributed by atoms with Crippen LogP contribution in [-0.2, 0) is 4.79 Å². The predicted octanol–water partition coefficient (Wildman–Crippen LogP) is 1.89. The van der Waals surface area contributed by atoms with Crippen molar-refractivity contribution in [1.82, 2.24) is 25.3 Å². The van der Waals surface area contributed by atoms with E-state index in [0.29, 0.717) is 16.1 Å². The first kappa shape index (κ1) is 24.8. The number of thiophene rings is 1. The second-order valence-corrected chi connectivity index (χ2v) is 9.79. The molecular formula is C24H31N7O3S. The molecule has 4 heterocycles. The molecule has 2 aromatic heterocycles. The quantitative estimate of drug-likeness (QED) is 0.479. The highest BCUT2D eigenvalue weighted by Crippen LogP contribution is 2.28. The number of aromatic nitrogens is 2. The Labute approximate surface area is 208 Å². The second-order valence-electron chi connectivity index (χ2n) is 8.91. The first-order chi connectivity index (χ1) is 16.9. The molecule has 4 amide bonds. The van der Waals surface area contributed by atoms with Crippen molar-refractivity contribution < 1.29 is 14.4 Å². The van der Waals surface area contributed by atoms with Crippen molar-refractivity contribution in [3.8, 4) is 11.8 Å². The van der Waals surface area contributed by atoms with Crippen molar-refractivity contribution in [3.63, 3.8) is 0 Å². The van der Waals surface area contributed by atoms with Gasteiger partial charge in [0.2, 0.25) is 5.91 Å². The smallest absolute Gasteiger partial charge is 0.316 e. The lowest BCUT2D eigenvalue weighted by Gasteiger charge is -2.31. The van der Waals surface area contributed by atoms with E-state index in [2.05, 4.69) is 32.9 Å². The normalized spacial score (nSPS) is 18.8. The number of piperidine rings is 1. The number of nitrogens with one attached hydrogen (secondary N) is 3. The summed E-state index contributed by atoms with van der Waals surface area (Å²) in [5, 5.41) is 15.2. The highest BCUT2D eigenvalue weighted by molar-refractivity contribution is 7.13. The first-order valence-electron chi connectivity index (χ1n) is 11.9. The van der Waals surface area contributed by atoms with Gasteiger partial charge in [0, 0.05) is 44.2 Å². The molecule has 2 aliphatic rings. The third-order valence-electron chi connectivity index (χ3n) is 6.35. The molecule has 4 rings (SSSR count). The predicted molar refractivity (Wildman–Crippen MR) is 134 cm³/mol. The van der Waals surface area contributed by atoms with Gasteiger partial charge >= 0.3 is 6.03 Å². The van der Waals surface area contributed by atoms with E-state index in [9.17, 15) is 14.4 Å². The number of anilines is 1. The Morgan fingerprint density at radius 2 is 2.00 bits per heavy atom. The van der Waals surface area contributed by atoms with Crippen LogP contribution >= 0.6 is 11.3 Å². The summed E-state index contributed by atoms with van der Waals surface area (Å²) in [5.74, 6) is 5.99. The molecule has 0 aliphatic carbocycles. The van der Waals surface area contributed by atoms with Crippen molar-refractivity contribution in [3.05, 3.63) is 33.8 Å². The van der Waals surface area contributed by atoms with Crippen LogP contribution in [0.25, 0.3) is 0 Å². The molecular weight excluding hydrogens is 466 g/mol. The zero-order valence-electron chi connectivity index (χ0n) is 19.8. The van der Waals surface area contributed by atoms with Gasteiger partial charge in [0.15, 0.2) is 0 Å². The topological polar surface area (TPSA) is 134 Å².